The maximum absolute atomic E-state index is 13.3. The van der Waals surface area contributed by atoms with Crippen molar-refractivity contribution < 1.29 is 33.3 Å². The average Bonchev–Trinajstić information content (AvgIpc) is 3.88. The van der Waals surface area contributed by atoms with E-state index in [0.717, 1.165) is 44.3 Å². The van der Waals surface area contributed by atoms with Gasteiger partial charge in [-0.3, -0.25) is 4.79 Å². The summed E-state index contributed by atoms with van der Waals surface area (Å²) in [5.41, 5.74) is 1.20. The van der Waals surface area contributed by atoms with E-state index in [9.17, 15) is 14.4 Å². The van der Waals surface area contributed by atoms with Gasteiger partial charge in [0, 0.05) is 49.9 Å². The highest BCUT2D eigenvalue weighted by molar-refractivity contribution is 5.89. The molecule has 2 saturated heterocycles. The first kappa shape index (κ1) is 41.3. The van der Waals surface area contributed by atoms with Gasteiger partial charge in [-0.15, -0.1) is 0 Å². The molecule has 3 aliphatic heterocycles. The van der Waals surface area contributed by atoms with E-state index in [1.165, 1.54) is 0 Å². The zero-order chi connectivity index (χ0) is 38.0. The van der Waals surface area contributed by atoms with Crippen LogP contribution >= 0.6 is 0 Å². The first-order valence-electron chi connectivity index (χ1n) is 19.5. The SMILES string of the molecule is CCC(OC(=O)c1ccccc1)C(C)C1OC1CC(C)/C=C/C=C(\C)C1OC(=O)CC(C)CCC(C)(C)C(OC(=O)N2CCN(C)CC2)/C=C/C1C. The highest BCUT2D eigenvalue weighted by Crippen LogP contribution is 2.38. The van der Waals surface area contributed by atoms with Gasteiger partial charge in [0.25, 0.3) is 0 Å². The van der Waals surface area contributed by atoms with Gasteiger partial charge in [-0.25, -0.2) is 9.59 Å². The molecule has 0 bridgehead atoms. The third-order valence-electron chi connectivity index (χ3n) is 11.1. The maximum Gasteiger partial charge on any atom is 0.410 e. The van der Waals surface area contributed by atoms with Gasteiger partial charge in [0.15, 0.2) is 0 Å². The number of rotatable bonds is 11. The molecule has 9 nitrogen and oxygen atoms in total. The Labute approximate surface area is 312 Å². The van der Waals surface area contributed by atoms with Gasteiger partial charge < -0.3 is 28.7 Å². The number of esters is 2. The molecule has 52 heavy (non-hydrogen) atoms. The number of likely N-dealkylation sites (N-methyl/N-ethyl adjacent to an activating group) is 1. The Morgan fingerprint density at radius 3 is 2.42 bits per heavy atom. The smallest absolute Gasteiger partial charge is 0.410 e. The molecule has 2 fully saturated rings. The van der Waals surface area contributed by atoms with Crippen molar-refractivity contribution in [2.24, 2.45) is 29.1 Å². The maximum atomic E-state index is 13.3. The van der Waals surface area contributed by atoms with Crippen LogP contribution in [0.25, 0.3) is 0 Å². The molecule has 3 heterocycles. The number of epoxide rings is 1. The Bertz CT molecular complexity index is 1410. The highest BCUT2D eigenvalue weighted by atomic mass is 16.6. The van der Waals surface area contributed by atoms with Gasteiger partial charge in [-0.2, -0.15) is 0 Å². The van der Waals surface area contributed by atoms with E-state index in [0.29, 0.717) is 25.1 Å². The molecule has 1 aromatic rings. The van der Waals surface area contributed by atoms with E-state index >= 15 is 0 Å². The molecule has 0 saturated carbocycles. The summed E-state index contributed by atoms with van der Waals surface area (Å²) in [7, 11) is 2.07. The number of hydrogen-bond donors (Lipinski definition) is 0. The van der Waals surface area contributed by atoms with Gasteiger partial charge in [0.2, 0.25) is 0 Å². The minimum Gasteiger partial charge on any atom is -0.458 e. The van der Waals surface area contributed by atoms with Crippen LogP contribution in [-0.2, 0) is 23.7 Å². The number of ether oxygens (including phenoxy) is 4. The van der Waals surface area contributed by atoms with Crippen molar-refractivity contribution in [1.82, 2.24) is 9.80 Å². The Hall–Kier alpha value is -3.43. The number of hydrogen-bond acceptors (Lipinski definition) is 8. The molecule has 0 aliphatic carbocycles. The normalized spacial score (nSPS) is 29.9. The molecular formula is C43H64N2O7. The second-order valence-corrected chi connectivity index (χ2v) is 16.3. The topological polar surface area (TPSA) is 97.9 Å². The zero-order valence-electron chi connectivity index (χ0n) is 33.1. The average molecular weight is 721 g/mol. The second kappa shape index (κ2) is 19.1. The van der Waals surface area contributed by atoms with Crippen LogP contribution < -0.4 is 0 Å². The number of piperazine rings is 1. The first-order chi connectivity index (χ1) is 24.7. The van der Waals surface area contributed by atoms with Gasteiger partial charge in [0.1, 0.15) is 18.3 Å². The van der Waals surface area contributed by atoms with Crippen LogP contribution in [0.5, 0.6) is 0 Å². The predicted molar refractivity (Wildman–Crippen MR) is 205 cm³/mol. The van der Waals surface area contributed by atoms with Crippen LogP contribution in [0.15, 0.2) is 66.3 Å². The molecule has 9 heteroatoms. The molecule has 0 radical (unpaired) electrons. The lowest BCUT2D eigenvalue weighted by atomic mass is 9.78. The van der Waals surface area contributed by atoms with Crippen molar-refractivity contribution in [1.29, 1.82) is 0 Å². The fourth-order valence-corrected chi connectivity index (χ4v) is 7.26. The molecule has 3 aliphatic rings. The molecule has 0 N–H and O–H groups in total. The summed E-state index contributed by atoms with van der Waals surface area (Å²) in [6, 6.07) is 9.11. The van der Waals surface area contributed by atoms with E-state index in [-0.39, 0.29) is 65.4 Å². The lowest BCUT2D eigenvalue weighted by Gasteiger charge is -2.37. The largest absolute Gasteiger partial charge is 0.458 e. The number of carbonyl (C=O) groups excluding carboxylic acids is 3. The van der Waals surface area contributed by atoms with Crippen molar-refractivity contribution in [2.45, 2.75) is 118 Å². The van der Waals surface area contributed by atoms with Crippen LogP contribution in [0.4, 0.5) is 4.79 Å². The van der Waals surface area contributed by atoms with Crippen LogP contribution in [0, 0.1) is 29.1 Å². The predicted octanol–water partition coefficient (Wildman–Crippen LogP) is 8.26. The van der Waals surface area contributed by atoms with Crippen molar-refractivity contribution in [2.75, 3.05) is 33.2 Å². The van der Waals surface area contributed by atoms with Crippen LogP contribution in [0.1, 0.15) is 97.9 Å². The minimum absolute atomic E-state index is 0.0574. The molecule has 9 unspecified atom stereocenters. The molecule has 9 atom stereocenters. The fraction of sp³-hybridized carbons (Fsp3) is 0.651. The minimum atomic E-state index is -0.450. The number of amides is 1. The van der Waals surface area contributed by atoms with Crippen LogP contribution in [0.2, 0.25) is 0 Å². The third-order valence-corrected chi connectivity index (χ3v) is 11.1. The molecular weight excluding hydrogens is 656 g/mol. The Morgan fingerprint density at radius 2 is 1.75 bits per heavy atom. The number of nitrogens with zero attached hydrogens (tertiary/aromatic N) is 2. The number of benzene rings is 1. The standard InChI is InChI=1S/C43H64N2O7/c1-10-35(50-41(47)34-17-12-11-13-18-34)33(6)40-36(49-40)27-29(2)15-14-16-31(4)39-32(5)19-20-37(51-42(48)45-25-23-44(9)24-26-45)43(7,8)22-21-30(3)28-38(46)52-39/h11-20,29-30,32-33,35-37,39-40H,10,21-28H2,1-9H3/b15-14+,20-19+,31-16+. The molecule has 288 valence electrons. The monoisotopic (exact) mass is 720 g/mol. The van der Waals surface area contributed by atoms with Crippen molar-refractivity contribution in [3.8, 4) is 0 Å². The summed E-state index contributed by atoms with van der Waals surface area (Å²) in [5, 5.41) is 0. The first-order valence-corrected chi connectivity index (χ1v) is 19.5. The van der Waals surface area contributed by atoms with Gasteiger partial charge in [0.05, 0.1) is 17.8 Å². The molecule has 0 spiro atoms. The molecule has 0 aromatic heterocycles. The lowest BCUT2D eigenvalue weighted by Crippen LogP contribution is -2.49. The summed E-state index contributed by atoms with van der Waals surface area (Å²) < 4.78 is 24.3. The second-order valence-electron chi connectivity index (χ2n) is 16.3. The summed E-state index contributed by atoms with van der Waals surface area (Å²) in [4.78, 5) is 43.1. The van der Waals surface area contributed by atoms with Crippen molar-refractivity contribution in [3.05, 3.63) is 71.8 Å². The van der Waals surface area contributed by atoms with Gasteiger partial charge >= 0.3 is 18.0 Å². The third kappa shape index (κ3) is 12.1. The Balaban J connectivity index is 1.37. The lowest BCUT2D eigenvalue weighted by molar-refractivity contribution is -0.149. The van der Waals surface area contributed by atoms with Crippen molar-refractivity contribution >= 4 is 18.0 Å². The summed E-state index contributed by atoms with van der Waals surface area (Å²) in [6.45, 7) is 19.7. The van der Waals surface area contributed by atoms with E-state index in [4.69, 9.17) is 18.9 Å². The summed E-state index contributed by atoms with van der Waals surface area (Å²) >= 11 is 0. The number of allylic oxidation sites excluding steroid dienone is 3. The summed E-state index contributed by atoms with van der Waals surface area (Å²) in [5.74, 6) is -0.126. The summed E-state index contributed by atoms with van der Waals surface area (Å²) in [6.07, 6.45) is 12.7. The number of carbonyl (C=O) groups is 3. The van der Waals surface area contributed by atoms with E-state index in [1.54, 1.807) is 17.0 Å². The van der Waals surface area contributed by atoms with Crippen molar-refractivity contribution in [3.63, 3.8) is 0 Å². The molecule has 1 aromatic carbocycles. The van der Waals surface area contributed by atoms with Crippen LogP contribution in [0.3, 0.4) is 0 Å². The fourth-order valence-electron chi connectivity index (χ4n) is 7.26. The van der Waals surface area contributed by atoms with E-state index in [1.807, 2.05) is 63.3 Å². The Kier molecular flexibility index (Phi) is 15.1. The van der Waals surface area contributed by atoms with E-state index in [2.05, 4.69) is 52.6 Å². The van der Waals surface area contributed by atoms with Crippen LogP contribution in [-0.4, -0.2) is 91.6 Å². The highest BCUT2D eigenvalue weighted by Gasteiger charge is 2.46. The van der Waals surface area contributed by atoms with Gasteiger partial charge in [-0.1, -0.05) is 91.0 Å². The molecule has 1 amide bonds. The number of cyclic esters (lactones) is 1. The zero-order valence-corrected chi connectivity index (χ0v) is 33.1. The molecule has 4 rings (SSSR count). The van der Waals surface area contributed by atoms with Gasteiger partial charge in [-0.05, 0) is 75.3 Å². The Morgan fingerprint density at radius 1 is 1.06 bits per heavy atom. The quantitative estimate of drug-likeness (QED) is 0.0742. The van der Waals surface area contributed by atoms with E-state index < -0.39 is 12.2 Å².